The molecular formula is C10H15N5O3. The van der Waals surface area contributed by atoms with Gasteiger partial charge in [-0.15, -0.1) is 0 Å². The molecular weight excluding hydrogens is 238 g/mol. The Bertz CT molecular complexity index is 740. The fraction of sp³-hybridized carbons (Fsp3) is 0.500. The molecule has 2 heterocycles. The highest BCUT2D eigenvalue weighted by atomic mass is 16.3. The lowest BCUT2D eigenvalue weighted by atomic mass is 10.1. The van der Waals surface area contributed by atoms with Gasteiger partial charge in [-0.05, 0) is 6.37 Å². The third-order valence-electron chi connectivity index (χ3n) is 2.27. The van der Waals surface area contributed by atoms with Crippen LogP contribution in [0, 0.1) is 5.92 Å². The van der Waals surface area contributed by atoms with Gasteiger partial charge in [0.2, 0.25) is 5.95 Å². The minimum absolute atomic E-state index is 0.0865. The number of hydrogen-bond donors (Lipinski definition) is 4. The van der Waals surface area contributed by atoms with E-state index in [-0.39, 0.29) is 17.1 Å². The normalized spacial score (nSPS) is 16.4. The van der Waals surface area contributed by atoms with E-state index in [0.29, 0.717) is 4.57 Å². The van der Waals surface area contributed by atoms with Gasteiger partial charge in [0.25, 0.3) is 0 Å². The molecule has 0 aliphatic carbocycles. The molecule has 2 aromatic heterocycles. The molecule has 0 atom stereocenters. The maximum atomic E-state index is 12.0. The van der Waals surface area contributed by atoms with Gasteiger partial charge >= 0.3 is 5.69 Å². The third kappa shape index (κ3) is 2.34. The van der Waals surface area contributed by atoms with E-state index in [0.717, 1.165) is 0 Å². The highest BCUT2D eigenvalue weighted by Gasteiger charge is 2.12. The zero-order chi connectivity index (χ0) is 16.7. The minimum atomic E-state index is -2.90. The van der Waals surface area contributed by atoms with Crippen molar-refractivity contribution in [3.05, 3.63) is 16.7 Å². The number of imidazole rings is 1. The summed E-state index contributed by atoms with van der Waals surface area (Å²) >= 11 is 0. The first-order valence-corrected chi connectivity index (χ1v) is 5.12. The summed E-state index contributed by atoms with van der Waals surface area (Å²) in [6.45, 7) is -4.49. The molecule has 2 aromatic rings. The smallest absolute Gasteiger partial charge is 0.327 e. The second-order valence-electron chi connectivity index (χ2n) is 3.55. The van der Waals surface area contributed by atoms with E-state index in [4.69, 9.17) is 21.4 Å². The number of aliphatic hydroxyl groups is 2. The molecule has 2 rings (SSSR count). The number of H-pyrrole nitrogens is 1. The lowest BCUT2D eigenvalue weighted by Gasteiger charge is -2.10. The average molecular weight is 257 g/mol. The first kappa shape index (κ1) is 8.22. The highest BCUT2D eigenvalue weighted by molar-refractivity contribution is 5.70. The summed E-state index contributed by atoms with van der Waals surface area (Å²) in [6.07, 6.45) is -1.58. The van der Waals surface area contributed by atoms with Crippen molar-refractivity contribution < 1.29 is 15.7 Å². The second kappa shape index (κ2) is 5.15. The van der Waals surface area contributed by atoms with Crippen LogP contribution in [0.15, 0.2) is 11.0 Å². The molecule has 8 nitrogen and oxygen atoms in total. The van der Waals surface area contributed by atoms with E-state index < -0.39 is 37.7 Å². The Kier molecular flexibility index (Phi) is 2.35. The standard InChI is InChI=1S/C10H15N5O3/c11-9-12-3-7-8(14-9)15(10(18)13-7)2-1-6(4-16)5-17/h3,6,16-17H,1-2,4-5H2,(H,13,18)(H2,11,12,14)/i1D2,2D2. The van der Waals surface area contributed by atoms with Crippen molar-refractivity contribution in [2.45, 2.75) is 12.9 Å². The number of nitrogens with one attached hydrogen (secondary N) is 1. The number of anilines is 1. The fourth-order valence-electron chi connectivity index (χ4n) is 1.32. The fourth-order valence-corrected chi connectivity index (χ4v) is 1.32. The molecule has 0 aliphatic heterocycles. The van der Waals surface area contributed by atoms with Gasteiger partial charge in [0, 0.05) is 31.1 Å². The summed E-state index contributed by atoms with van der Waals surface area (Å²) in [5.41, 5.74) is 4.35. The Morgan fingerprint density at radius 1 is 1.56 bits per heavy atom. The van der Waals surface area contributed by atoms with Gasteiger partial charge in [-0.1, -0.05) is 0 Å². The van der Waals surface area contributed by atoms with Crippen LogP contribution in [0.2, 0.25) is 0 Å². The number of rotatable bonds is 5. The summed E-state index contributed by atoms with van der Waals surface area (Å²) in [6, 6.07) is 0. The van der Waals surface area contributed by atoms with Gasteiger partial charge in [-0.25, -0.2) is 9.78 Å². The topological polar surface area (TPSA) is 130 Å². The molecule has 0 saturated heterocycles. The molecule has 0 unspecified atom stereocenters. The van der Waals surface area contributed by atoms with E-state index in [1.54, 1.807) is 0 Å². The van der Waals surface area contributed by atoms with Crippen molar-refractivity contribution in [3.8, 4) is 0 Å². The van der Waals surface area contributed by atoms with E-state index in [1.165, 1.54) is 6.20 Å². The summed E-state index contributed by atoms with van der Waals surface area (Å²) < 4.78 is 32.4. The monoisotopic (exact) mass is 257 g/mol. The lowest BCUT2D eigenvalue weighted by Crippen LogP contribution is -2.21. The van der Waals surface area contributed by atoms with Crippen LogP contribution in [0.1, 0.15) is 11.9 Å². The minimum Gasteiger partial charge on any atom is -0.396 e. The van der Waals surface area contributed by atoms with Crippen LogP contribution in [0.4, 0.5) is 5.95 Å². The van der Waals surface area contributed by atoms with Gasteiger partial charge < -0.3 is 20.9 Å². The number of hydrogen-bond acceptors (Lipinski definition) is 6. The lowest BCUT2D eigenvalue weighted by molar-refractivity contribution is 0.140. The Balaban J connectivity index is 2.70. The predicted octanol–water partition coefficient (Wildman–Crippen LogP) is -1.31. The van der Waals surface area contributed by atoms with Crippen molar-refractivity contribution in [2.75, 3.05) is 18.9 Å². The summed E-state index contributed by atoms with van der Waals surface area (Å²) in [7, 11) is 0. The summed E-state index contributed by atoms with van der Waals surface area (Å²) in [4.78, 5) is 21.7. The van der Waals surface area contributed by atoms with Gasteiger partial charge in [-0.2, -0.15) is 4.98 Å². The van der Waals surface area contributed by atoms with Crippen LogP contribution in [-0.4, -0.2) is 42.9 Å². The molecule has 0 amide bonds. The Morgan fingerprint density at radius 3 is 2.94 bits per heavy atom. The van der Waals surface area contributed by atoms with Crippen LogP contribution in [0.5, 0.6) is 0 Å². The van der Waals surface area contributed by atoms with Crippen LogP contribution in [0.25, 0.3) is 11.2 Å². The molecule has 18 heavy (non-hydrogen) atoms. The molecule has 0 saturated carbocycles. The molecule has 0 radical (unpaired) electrons. The molecule has 0 spiro atoms. The number of nitrogen functional groups attached to an aromatic ring is 1. The Hall–Kier alpha value is -1.93. The van der Waals surface area contributed by atoms with Crippen molar-refractivity contribution in [3.63, 3.8) is 0 Å². The van der Waals surface area contributed by atoms with Gasteiger partial charge in [0.1, 0.15) is 5.52 Å². The SMILES string of the molecule is [2H]C([2H])(C(CO)CO)C([2H])([2H])n1c(=O)[nH]c2cnc(N)nc21. The average Bonchev–Trinajstić information content (AvgIpc) is 2.75. The quantitative estimate of drug-likeness (QED) is 0.526. The van der Waals surface area contributed by atoms with Gasteiger partial charge in [0.05, 0.1) is 6.20 Å². The molecule has 0 aromatic carbocycles. The number of aromatic nitrogens is 4. The molecule has 0 fully saturated rings. The zero-order valence-electron chi connectivity index (χ0n) is 13.3. The Morgan fingerprint density at radius 2 is 2.28 bits per heavy atom. The van der Waals surface area contributed by atoms with Crippen LogP contribution < -0.4 is 11.4 Å². The third-order valence-corrected chi connectivity index (χ3v) is 2.27. The second-order valence-corrected chi connectivity index (χ2v) is 3.55. The zero-order valence-corrected chi connectivity index (χ0v) is 9.29. The molecule has 0 aliphatic rings. The van der Waals surface area contributed by atoms with E-state index in [9.17, 15) is 4.79 Å². The van der Waals surface area contributed by atoms with Gasteiger partial charge in [0.15, 0.2) is 5.65 Å². The van der Waals surface area contributed by atoms with Crippen LogP contribution in [-0.2, 0) is 6.50 Å². The van der Waals surface area contributed by atoms with Gasteiger partial charge in [-0.3, -0.25) is 4.57 Å². The summed E-state index contributed by atoms with van der Waals surface area (Å²) in [5.74, 6) is -1.64. The summed E-state index contributed by atoms with van der Waals surface area (Å²) in [5, 5.41) is 18.3. The number of fused-ring (bicyclic) bond motifs is 1. The van der Waals surface area contributed by atoms with E-state index in [2.05, 4.69) is 15.0 Å². The van der Waals surface area contributed by atoms with E-state index in [1.807, 2.05) is 0 Å². The van der Waals surface area contributed by atoms with Crippen molar-refractivity contribution in [2.24, 2.45) is 5.92 Å². The highest BCUT2D eigenvalue weighted by Crippen LogP contribution is 2.09. The van der Waals surface area contributed by atoms with Crippen LogP contribution >= 0.6 is 0 Å². The first-order chi connectivity index (χ1) is 10.2. The molecule has 0 bridgehead atoms. The molecule has 5 N–H and O–H groups in total. The number of aryl methyl sites for hydroxylation is 1. The predicted molar refractivity (Wildman–Crippen MR) is 64.8 cm³/mol. The maximum absolute atomic E-state index is 12.0. The number of nitrogens with two attached hydrogens (primary N) is 1. The first-order valence-electron chi connectivity index (χ1n) is 7.12. The molecule has 98 valence electrons. The van der Waals surface area contributed by atoms with Crippen molar-refractivity contribution in [1.29, 1.82) is 0 Å². The Labute approximate surface area is 108 Å². The van der Waals surface area contributed by atoms with Crippen molar-refractivity contribution in [1.82, 2.24) is 19.5 Å². The van der Waals surface area contributed by atoms with Crippen molar-refractivity contribution >= 4 is 17.1 Å². The van der Waals surface area contributed by atoms with Crippen LogP contribution in [0.3, 0.4) is 0 Å². The largest absolute Gasteiger partial charge is 0.396 e. The molecule has 8 heteroatoms. The number of nitrogens with zero attached hydrogens (tertiary/aromatic N) is 3. The number of aliphatic hydroxyl groups excluding tert-OH is 2. The van der Waals surface area contributed by atoms with E-state index >= 15 is 0 Å². The maximum Gasteiger partial charge on any atom is 0.327 e. The number of aromatic amines is 1.